The number of nitrogens with zero attached hydrogens (tertiary/aromatic N) is 1. The lowest BCUT2D eigenvalue weighted by Gasteiger charge is -2.26. The van der Waals surface area contributed by atoms with Crippen LogP contribution in [0.2, 0.25) is 0 Å². The van der Waals surface area contributed by atoms with Gasteiger partial charge in [-0.25, -0.2) is 0 Å². The molecule has 0 radical (unpaired) electrons. The van der Waals surface area contributed by atoms with Crippen LogP contribution in [0.5, 0.6) is 0 Å². The molecule has 0 bridgehead atoms. The normalized spacial score (nSPS) is 27.7. The maximum atomic E-state index is 11.4. The van der Waals surface area contributed by atoms with Gasteiger partial charge in [-0.3, -0.25) is 9.69 Å². The second kappa shape index (κ2) is 5.83. The van der Waals surface area contributed by atoms with Crippen molar-refractivity contribution in [3.8, 4) is 0 Å². The van der Waals surface area contributed by atoms with Gasteiger partial charge in [0.05, 0.1) is 0 Å². The number of amides is 1. The van der Waals surface area contributed by atoms with Crippen LogP contribution in [0.3, 0.4) is 0 Å². The van der Waals surface area contributed by atoms with Gasteiger partial charge in [-0.15, -0.1) is 0 Å². The quantitative estimate of drug-likeness (QED) is 0.743. The van der Waals surface area contributed by atoms with E-state index in [4.69, 9.17) is 0 Å². The van der Waals surface area contributed by atoms with Gasteiger partial charge in [-0.2, -0.15) is 0 Å². The maximum Gasteiger partial charge on any atom is 0.221 e. The van der Waals surface area contributed by atoms with Gasteiger partial charge in [-0.1, -0.05) is 0 Å². The van der Waals surface area contributed by atoms with E-state index < -0.39 is 0 Å². The molecule has 1 amide bonds. The Morgan fingerprint density at radius 3 is 2.94 bits per heavy atom. The summed E-state index contributed by atoms with van der Waals surface area (Å²) in [5, 5.41) is 6.48. The zero-order chi connectivity index (χ0) is 12.3. The summed E-state index contributed by atoms with van der Waals surface area (Å²) in [5.41, 5.74) is 0. The first-order valence-corrected chi connectivity index (χ1v) is 6.89. The average Bonchev–Trinajstić information content (AvgIpc) is 3.12. The van der Waals surface area contributed by atoms with Crippen LogP contribution in [-0.2, 0) is 4.79 Å². The van der Waals surface area contributed by atoms with E-state index in [1.807, 2.05) is 0 Å². The lowest BCUT2D eigenvalue weighted by Crippen LogP contribution is -2.43. The summed E-state index contributed by atoms with van der Waals surface area (Å²) >= 11 is 0. The summed E-state index contributed by atoms with van der Waals surface area (Å²) in [6.45, 7) is 4.10. The fourth-order valence-electron chi connectivity index (χ4n) is 2.47. The first kappa shape index (κ1) is 12.8. The molecule has 0 aromatic rings. The molecule has 0 aromatic heterocycles. The molecule has 1 saturated heterocycles. The van der Waals surface area contributed by atoms with Gasteiger partial charge in [0.2, 0.25) is 5.91 Å². The van der Waals surface area contributed by atoms with Crippen LogP contribution < -0.4 is 10.6 Å². The SMILES string of the molecule is CC(CNC1CCCNC(=O)C1)N(C)C1CC1. The molecule has 2 aliphatic rings. The third-order valence-corrected chi connectivity index (χ3v) is 4.00. The molecule has 2 fully saturated rings. The van der Waals surface area contributed by atoms with Crippen molar-refractivity contribution in [2.45, 2.75) is 57.2 Å². The van der Waals surface area contributed by atoms with Gasteiger partial charge in [0, 0.05) is 37.6 Å². The standard InChI is InChI=1S/C13H25N3O/c1-10(16(2)12-5-6-12)9-15-11-4-3-7-14-13(17)8-11/h10-12,15H,3-9H2,1-2H3,(H,14,17). The van der Waals surface area contributed by atoms with Gasteiger partial charge in [0.25, 0.3) is 0 Å². The largest absolute Gasteiger partial charge is 0.356 e. The summed E-state index contributed by atoms with van der Waals surface area (Å²) in [6, 6.07) is 1.74. The summed E-state index contributed by atoms with van der Waals surface area (Å²) in [7, 11) is 2.21. The van der Waals surface area contributed by atoms with Crippen molar-refractivity contribution >= 4 is 5.91 Å². The highest BCUT2D eigenvalue weighted by Gasteiger charge is 2.29. The highest BCUT2D eigenvalue weighted by atomic mass is 16.1. The Morgan fingerprint density at radius 1 is 1.47 bits per heavy atom. The zero-order valence-electron chi connectivity index (χ0n) is 11.0. The zero-order valence-corrected chi connectivity index (χ0v) is 11.0. The number of carbonyl (C=O) groups is 1. The number of rotatable bonds is 5. The van der Waals surface area contributed by atoms with Crippen molar-refractivity contribution in [1.82, 2.24) is 15.5 Å². The van der Waals surface area contributed by atoms with Crippen LogP contribution >= 0.6 is 0 Å². The summed E-state index contributed by atoms with van der Waals surface area (Å²) in [6.07, 6.45) is 5.55. The van der Waals surface area contributed by atoms with Gasteiger partial charge >= 0.3 is 0 Å². The highest BCUT2D eigenvalue weighted by Crippen LogP contribution is 2.26. The molecule has 98 valence electrons. The third-order valence-electron chi connectivity index (χ3n) is 4.00. The molecule has 2 rings (SSSR count). The number of carbonyl (C=O) groups excluding carboxylic acids is 1. The van der Waals surface area contributed by atoms with E-state index in [2.05, 4.69) is 29.5 Å². The van der Waals surface area contributed by atoms with Crippen molar-refractivity contribution in [3.63, 3.8) is 0 Å². The Kier molecular flexibility index (Phi) is 4.40. The van der Waals surface area contributed by atoms with Gasteiger partial charge in [0.1, 0.15) is 0 Å². The first-order chi connectivity index (χ1) is 8.16. The van der Waals surface area contributed by atoms with E-state index >= 15 is 0 Å². The van der Waals surface area contributed by atoms with E-state index in [9.17, 15) is 4.79 Å². The van der Waals surface area contributed by atoms with E-state index in [1.165, 1.54) is 12.8 Å². The molecular weight excluding hydrogens is 214 g/mol. The van der Waals surface area contributed by atoms with Crippen LogP contribution in [0.1, 0.15) is 39.0 Å². The average molecular weight is 239 g/mol. The van der Waals surface area contributed by atoms with E-state index in [1.54, 1.807) is 0 Å². The minimum absolute atomic E-state index is 0.197. The fraction of sp³-hybridized carbons (Fsp3) is 0.923. The van der Waals surface area contributed by atoms with Gasteiger partial charge < -0.3 is 10.6 Å². The number of likely N-dealkylation sites (N-methyl/N-ethyl adjacent to an activating group) is 1. The second-order valence-corrected chi connectivity index (χ2v) is 5.55. The molecule has 1 saturated carbocycles. The predicted octanol–water partition coefficient (Wildman–Crippen LogP) is 0.727. The molecule has 2 N–H and O–H groups in total. The molecule has 0 spiro atoms. The summed E-state index contributed by atoms with van der Waals surface area (Å²) < 4.78 is 0. The topological polar surface area (TPSA) is 44.4 Å². The van der Waals surface area contributed by atoms with E-state index in [-0.39, 0.29) is 5.91 Å². The Balaban J connectivity index is 1.70. The van der Waals surface area contributed by atoms with Crippen molar-refractivity contribution < 1.29 is 4.79 Å². The minimum atomic E-state index is 0.197. The van der Waals surface area contributed by atoms with Crippen molar-refractivity contribution in [2.75, 3.05) is 20.1 Å². The third kappa shape index (κ3) is 3.96. The number of nitrogens with one attached hydrogen (secondary N) is 2. The van der Waals surface area contributed by atoms with E-state index in [0.29, 0.717) is 18.5 Å². The molecule has 2 unspecified atom stereocenters. The molecule has 0 aromatic carbocycles. The molecule has 1 aliphatic carbocycles. The fourth-order valence-corrected chi connectivity index (χ4v) is 2.47. The van der Waals surface area contributed by atoms with Crippen LogP contribution in [0.15, 0.2) is 0 Å². The number of hydrogen-bond acceptors (Lipinski definition) is 3. The Labute approximate surface area is 104 Å². The second-order valence-electron chi connectivity index (χ2n) is 5.55. The van der Waals surface area contributed by atoms with Crippen molar-refractivity contribution in [2.24, 2.45) is 0 Å². The van der Waals surface area contributed by atoms with Crippen molar-refractivity contribution in [3.05, 3.63) is 0 Å². The highest BCUT2D eigenvalue weighted by molar-refractivity contribution is 5.76. The smallest absolute Gasteiger partial charge is 0.221 e. The van der Waals surface area contributed by atoms with Gasteiger partial charge in [-0.05, 0) is 39.7 Å². The molecule has 4 heteroatoms. The summed E-state index contributed by atoms with van der Waals surface area (Å²) in [5.74, 6) is 0.197. The lowest BCUT2D eigenvalue weighted by atomic mass is 10.1. The predicted molar refractivity (Wildman–Crippen MR) is 68.9 cm³/mol. The van der Waals surface area contributed by atoms with E-state index in [0.717, 1.165) is 32.0 Å². The Morgan fingerprint density at radius 2 is 2.24 bits per heavy atom. The molecule has 1 aliphatic heterocycles. The first-order valence-electron chi connectivity index (χ1n) is 6.89. The molecular formula is C13H25N3O. The van der Waals surface area contributed by atoms with Crippen molar-refractivity contribution in [1.29, 1.82) is 0 Å². The molecule has 1 heterocycles. The van der Waals surface area contributed by atoms with Crippen LogP contribution in [0.25, 0.3) is 0 Å². The Hall–Kier alpha value is -0.610. The molecule has 4 nitrogen and oxygen atoms in total. The molecule has 17 heavy (non-hydrogen) atoms. The van der Waals surface area contributed by atoms with Crippen LogP contribution in [0, 0.1) is 0 Å². The minimum Gasteiger partial charge on any atom is -0.356 e. The number of hydrogen-bond donors (Lipinski definition) is 2. The van der Waals surface area contributed by atoms with Crippen LogP contribution in [0.4, 0.5) is 0 Å². The monoisotopic (exact) mass is 239 g/mol. The summed E-state index contributed by atoms with van der Waals surface area (Å²) in [4.78, 5) is 13.9. The molecule has 2 atom stereocenters. The Bertz CT molecular complexity index is 265. The lowest BCUT2D eigenvalue weighted by molar-refractivity contribution is -0.121. The maximum absolute atomic E-state index is 11.4. The van der Waals surface area contributed by atoms with Crippen LogP contribution in [-0.4, -0.2) is 49.1 Å². The van der Waals surface area contributed by atoms with Gasteiger partial charge in [0.15, 0.2) is 0 Å².